The molecule has 0 radical (unpaired) electrons. The number of halogens is 1. The van der Waals surface area contributed by atoms with Crippen LogP contribution in [-0.2, 0) is 0 Å². The summed E-state index contributed by atoms with van der Waals surface area (Å²) in [6.07, 6.45) is 2.81. The van der Waals surface area contributed by atoms with Crippen molar-refractivity contribution in [3.63, 3.8) is 0 Å². The molecular formula is C13H18FNS. The predicted molar refractivity (Wildman–Crippen MR) is 69.4 cm³/mol. The minimum Gasteiger partial charge on any atom is -0.313 e. The van der Waals surface area contributed by atoms with Crippen molar-refractivity contribution in [1.29, 1.82) is 0 Å². The Morgan fingerprint density at radius 3 is 2.88 bits per heavy atom. The van der Waals surface area contributed by atoms with Gasteiger partial charge >= 0.3 is 0 Å². The first kappa shape index (κ1) is 13.3. The van der Waals surface area contributed by atoms with Crippen molar-refractivity contribution in [1.82, 2.24) is 5.32 Å². The Hall–Kier alpha value is -0.800. The van der Waals surface area contributed by atoms with Crippen molar-refractivity contribution >= 4 is 11.8 Å². The second-order valence-corrected chi connectivity index (χ2v) is 4.58. The zero-order valence-electron chi connectivity index (χ0n) is 9.58. The van der Waals surface area contributed by atoms with Crippen LogP contribution >= 0.6 is 11.8 Å². The topological polar surface area (TPSA) is 12.0 Å². The smallest absolute Gasteiger partial charge is 0.136 e. The Bertz CT molecular complexity index is 327. The number of thioether (sulfide) groups is 1. The maximum absolute atomic E-state index is 13.4. The summed E-state index contributed by atoms with van der Waals surface area (Å²) >= 11 is 1.55. The molecule has 1 aromatic carbocycles. The number of hydrogen-bond donors (Lipinski definition) is 1. The predicted octanol–water partition coefficient (Wildman–Crippen LogP) is 3.47. The monoisotopic (exact) mass is 239 g/mol. The van der Waals surface area contributed by atoms with Crippen molar-refractivity contribution in [3.8, 4) is 0 Å². The van der Waals surface area contributed by atoms with Gasteiger partial charge in [-0.2, -0.15) is 0 Å². The Morgan fingerprint density at radius 2 is 2.25 bits per heavy atom. The average Bonchev–Trinajstić information content (AvgIpc) is 2.28. The van der Waals surface area contributed by atoms with Gasteiger partial charge in [-0.05, 0) is 25.1 Å². The fourth-order valence-corrected chi connectivity index (χ4v) is 2.47. The van der Waals surface area contributed by atoms with E-state index in [1.165, 1.54) is 6.07 Å². The molecule has 0 aliphatic rings. The van der Waals surface area contributed by atoms with E-state index in [2.05, 4.69) is 18.8 Å². The van der Waals surface area contributed by atoms with E-state index in [0.29, 0.717) is 6.04 Å². The second-order valence-electron chi connectivity index (χ2n) is 3.52. The minimum absolute atomic E-state index is 0.138. The summed E-state index contributed by atoms with van der Waals surface area (Å²) in [6.45, 7) is 6.73. The maximum Gasteiger partial charge on any atom is 0.136 e. The van der Waals surface area contributed by atoms with Crippen LogP contribution in [-0.4, -0.2) is 18.3 Å². The molecule has 1 unspecified atom stereocenters. The zero-order chi connectivity index (χ0) is 11.8. The molecule has 1 atom stereocenters. The fraction of sp³-hybridized carbons (Fsp3) is 0.385. The van der Waals surface area contributed by atoms with Gasteiger partial charge in [-0.25, -0.2) is 4.39 Å². The molecule has 3 heteroatoms. The van der Waals surface area contributed by atoms with Gasteiger partial charge in [0.15, 0.2) is 0 Å². The maximum atomic E-state index is 13.4. The molecule has 1 N–H and O–H groups in total. The van der Waals surface area contributed by atoms with E-state index in [-0.39, 0.29) is 5.82 Å². The number of rotatable bonds is 7. The van der Waals surface area contributed by atoms with Crippen LogP contribution in [0.25, 0.3) is 0 Å². The minimum atomic E-state index is -0.138. The molecule has 0 saturated carbocycles. The Kier molecular flexibility index (Phi) is 6.19. The molecule has 0 fully saturated rings. The lowest BCUT2D eigenvalue weighted by Crippen LogP contribution is -2.30. The molecule has 0 aliphatic heterocycles. The van der Waals surface area contributed by atoms with E-state index in [4.69, 9.17) is 0 Å². The quantitative estimate of drug-likeness (QED) is 0.577. The van der Waals surface area contributed by atoms with Crippen molar-refractivity contribution in [2.24, 2.45) is 0 Å². The van der Waals surface area contributed by atoms with Crippen LogP contribution in [0.15, 0.2) is 41.8 Å². The van der Waals surface area contributed by atoms with Gasteiger partial charge in [0, 0.05) is 16.7 Å². The van der Waals surface area contributed by atoms with Crippen molar-refractivity contribution in [2.75, 3.05) is 12.3 Å². The Labute approximate surface area is 101 Å². The Morgan fingerprint density at radius 1 is 1.50 bits per heavy atom. The summed E-state index contributed by atoms with van der Waals surface area (Å²) in [6, 6.07) is 7.26. The van der Waals surface area contributed by atoms with Crippen LogP contribution in [0.3, 0.4) is 0 Å². The number of benzene rings is 1. The summed E-state index contributed by atoms with van der Waals surface area (Å²) in [4.78, 5) is 0.717. The molecular weight excluding hydrogens is 221 g/mol. The summed E-state index contributed by atoms with van der Waals surface area (Å²) in [5.41, 5.74) is 0. The van der Waals surface area contributed by atoms with Gasteiger partial charge in [-0.1, -0.05) is 25.1 Å². The molecule has 0 amide bonds. The molecule has 16 heavy (non-hydrogen) atoms. The first-order chi connectivity index (χ1) is 7.77. The highest BCUT2D eigenvalue weighted by Gasteiger charge is 2.07. The third-order valence-electron chi connectivity index (χ3n) is 2.22. The summed E-state index contributed by atoms with van der Waals surface area (Å²) < 4.78 is 13.4. The van der Waals surface area contributed by atoms with Crippen LogP contribution in [0.2, 0.25) is 0 Å². The van der Waals surface area contributed by atoms with Crippen molar-refractivity contribution in [3.05, 3.63) is 42.7 Å². The van der Waals surface area contributed by atoms with Crippen LogP contribution in [0.5, 0.6) is 0 Å². The molecule has 1 aromatic rings. The SMILES string of the molecule is C=CCC(CSc1ccccc1F)NCC. The van der Waals surface area contributed by atoms with Gasteiger partial charge in [-0.15, -0.1) is 18.3 Å². The second kappa shape index (κ2) is 7.47. The lowest BCUT2D eigenvalue weighted by molar-refractivity contribution is 0.579. The van der Waals surface area contributed by atoms with Gasteiger partial charge in [0.1, 0.15) is 5.82 Å². The molecule has 0 aliphatic carbocycles. The Balaban J connectivity index is 2.48. The van der Waals surface area contributed by atoms with Crippen molar-refractivity contribution in [2.45, 2.75) is 24.3 Å². The molecule has 1 rings (SSSR count). The lowest BCUT2D eigenvalue weighted by atomic mass is 10.2. The number of hydrogen-bond acceptors (Lipinski definition) is 2. The first-order valence-corrected chi connectivity index (χ1v) is 6.48. The zero-order valence-corrected chi connectivity index (χ0v) is 10.4. The van der Waals surface area contributed by atoms with E-state index in [0.717, 1.165) is 23.6 Å². The first-order valence-electron chi connectivity index (χ1n) is 5.49. The third kappa shape index (κ3) is 4.37. The molecule has 1 nitrogen and oxygen atoms in total. The lowest BCUT2D eigenvalue weighted by Gasteiger charge is -2.15. The van der Waals surface area contributed by atoms with Gasteiger partial charge in [0.2, 0.25) is 0 Å². The standard InChI is InChI=1S/C13H18FNS/c1-3-7-11(15-4-2)10-16-13-9-6-5-8-12(13)14/h3,5-6,8-9,11,15H,1,4,7,10H2,2H3. The molecule has 0 aromatic heterocycles. The van der Waals surface area contributed by atoms with E-state index < -0.39 is 0 Å². The molecule has 0 spiro atoms. The van der Waals surface area contributed by atoms with Gasteiger partial charge in [-0.3, -0.25) is 0 Å². The van der Waals surface area contributed by atoms with Crippen LogP contribution in [0.1, 0.15) is 13.3 Å². The van der Waals surface area contributed by atoms with Crippen LogP contribution in [0, 0.1) is 5.82 Å². The fourth-order valence-electron chi connectivity index (χ4n) is 1.45. The van der Waals surface area contributed by atoms with E-state index in [1.807, 2.05) is 18.2 Å². The average molecular weight is 239 g/mol. The normalized spacial score (nSPS) is 12.4. The molecule has 0 saturated heterocycles. The summed E-state index contributed by atoms with van der Waals surface area (Å²) in [5.74, 6) is 0.724. The summed E-state index contributed by atoms with van der Waals surface area (Å²) in [7, 11) is 0. The van der Waals surface area contributed by atoms with Crippen LogP contribution < -0.4 is 5.32 Å². The largest absolute Gasteiger partial charge is 0.313 e. The molecule has 0 bridgehead atoms. The molecule has 0 heterocycles. The van der Waals surface area contributed by atoms with E-state index >= 15 is 0 Å². The highest BCUT2D eigenvalue weighted by atomic mass is 32.2. The van der Waals surface area contributed by atoms with E-state index in [1.54, 1.807) is 17.8 Å². The molecule has 88 valence electrons. The van der Waals surface area contributed by atoms with E-state index in [9.17, 15) is 4.39 Å². The van der Waals surface area contributed by atoms with Gasteiger partial charge < -0.3 is 5.32 Å². The third-order valence-corrected chi connectivity index (χ3v) is 3.43. The number of nitrogens with one attached hydrogen (secondary N) is 1. The van der Waals surface area contributed by atoms with Gasteiger partial charge in [0.25, 0.3) is 0 Å². The highest BCUT2D eigenvalue weighted by molar-refractivity contribution is 7.99. The van der Waals surface area contributed by atoms with Crippen LogP contribution in [0.4, 0.5) is 4.39 Å². The summed E-state index contributed by atoms with van der Waals surface area (Å²) in [5, 5.41) is 3.36. The van der Waals surface area contributed by atoms with Gasteiger partial charge in [0.05, 0.1) is 0 Å². The van der Waals surface area contributed by atoms with Crippen molar-refractivity contribution < 1.29 is 4.39 Å². The highest BCUT2D eigenvalue weighted by Crippen LogP contribution is 2.22.